The van der Waals surface area contributed by atoms with Gasteiger partial charge in [0.1, 0.15) is 0 Å². The average molecular weight is 257 g/mol. The van der Waals surface area contributed by atoms with E-state index < -0.39 is 0 Å². The zero-order chi connectivity index (χ0) is 14.1. The van der Waals surface area contributed by atoms with Gasteiger partial charge in [-0.05, 0) is 33.4 Å². The maximum Gasteiger partial charge on any atom is 0.234 e. The van der Waals surface area contributed by atoms with Crippen LogP contribution in [0.15, 0.2) is 0 Å². The number of amides is 1. The Hall–Kier alpha value is -0.610. The van der Waals surface area contributed by atoms with Gasteiger partial charge in [0.05, 0.1) is 6.54 Å². The SMILES string of the molecule is CCCC(C)NC(=O)CNC(CN(C)C)C(C)C. The van der Waals surface area contributed by atoms with Crippen LogP contribution in [-0.2, 0) is 4.79 Å². The Balaban J connectivity index is 3.99. The Morgan fingerprint density at radius 3 is 2.28 bits per heavy atom. The number of nitrogens with one attached hydrogen (secondary N) is 2. The van der Waals surface area contributed by atoms with Gasteiger partial charge in [0.2, 0.25) is 5.91 Å². The first-order chi connectivity index (χ1) is 8.36. The van der Waals surface area contributed by atoms with Crippen molar-refractivity contribution in [3.05, 3.63) is 0 Å². The minimum atomic E-state index is 0.0976. The van der Waals surface area contributed by atoms with Gasteiger partial charge in [-0.2, -0.15) is 0 Å². The standard InChI is InChI=1S/C14H31N3O/c1-7-8-12(4)16-14(18)9-15-13(11(2)3)10-17(5)6/h11-13,15H,7-10H2,1-6H3,(H,16,18). The number of rotatable bonds is 9. The van der Waals surface area contributed by atoms with Crippen LogP contribution >= 0.6 is 0 Å². The molecule has 108 valence electrons. The fraction of sp³-hybridized carbons (Fsp3) is 0.929. The summed E-state index contributed by atoms with van der Waals surface area (Å²) in [5, 5.41) is 6.36. The van der Waals surface area contributed by atoms with Crippen molar-refractivity contribution in [2.45, 2.75) is 52.6 Å². The molecule has 4 heteroatoms. The maximum atomic E-state index is 11.8. The Kier molecular flexibility index (Phi) is 9.02. The second-order valence-electron chi connectivity index (χ2n) is 5.75. The summed E-state index contributed by atoms with van der Waals surface area (Å²) in [7, 11) is 4.11. The highest BCUT2D eigenvalue weighted by Gasteiger charge is 2.15. The van der Waals surface area contributed by atoms with Gasteiger partial charge >= 0.3 is 0 Å². The van der Waals surface area contributed by atoms with Gasteiger partial charge in [-0.25, -0.2) is 0 Å². The monoisotopic (exact) mass is 257 g/mol. The smallest absolute Gasteiger partial charge is 0.234 e. The van der Waals surface area contributed by atoms with Crippen molar-refractivity contribution in [3.63, 3.8) is 0 Å². The van der Waals surface area contributed by atoms with Crippen LogP contribution < -0.4 is 10.6 Å². The van der Waals surface area contributed by atoms with Crippen LogP contribution in [0, 0.1) is 5.92 Å². The maximum absolute atomic E-state index is 11.8. The van der Waals surface area contributed by atoms with Crippen LogP contribution in [0.5, 0.6) is 0 Å². The molecule has 0 spiro atoms. The number of carbonyl (C=O) groups excluding carboxylic acids is 1. The van der Waals surface area contributed by atoms with Crippen molar-refractivity contribution >= 4 is 5.91 Å². The molecule has 0 radical (unpaired) electrons. The van der Waals surface area contributed by atoms with Gasteiger partial charge in [-0.3, -0.25) is 4.79 Å². The lowest BCUT2D eigenvalue weighted by Gasteiger charge is -2.25. The molecule has 0 aromatic heterocycles. The average Bonchev–Trinajstić information content (AvgIpc) is 2.23. The number of hydrogen-bond acceptors (Lipinski definition) is 3. The predicted molar refractivity (Wildman–Crippen MR) is 77.7 cm³/mol. The Labute approximate surface area is 113 Å². The first-order valence-corrected chi connectivity index (χ1v) is 7.04. The van der Waals surface area contributed by atoms with Crippen molar-refractivity contribution < 1.29 is 4.79 Å². The summed E-state index contributed by atoms with van der Waals surface area (Å²) in [5.41, 5.74) is 0. The molecule has 4 nitrogen and oxygen atoms in total. The summed E-state index contributed by atoms with van der Waals surface area (Å²) in [6, 6.07) is 0.628. The lowest BCUT2D eigenvalue weighted by atomic mass is 10.0. The molecule has 1 amide bonds. The molecule has 0 bridgehead atoms. The van der Waals surface area contributed by atoms with E-state index in [2.05, 4.69) is 57.3 Å². The van der Waals surface area contributed by atoms with Gasteiger partial charge in [-0.1, -0.05) is 27.2 Å². The van der Waals surface area contributed by atoms with Gasteiger partial charge in [0, 0.05) is 18.6 Å². The van der Waals surface area contributed by atoms with Crippen molar-refractivity contribution in [3.8, 4) is 0 Å². The number of likely N-dealkylation sites (N-methyl/N-ethyl adjacent to an activating group) is 1. The zero-order valence-electron chi connectivity index (χ0n) is 12.9. The molecule has 18 heavy (non-hydrogen) atoms. The van der Waals surface area contributed by atoms with E-state index in [0.717, 1.165) is 19.4 Å². The topological polar surface area (TPSA) is 44.4 Å². The van der Waals surface area contributed by atoms with Crippen molar-refractivity contribution in [1.29, 1.82) is 0 Å². The quantitative estimate of drug-likeness (QED) is 0.657. The molecule has 0 aliphatic rings. The molecule has 0 rings (SSSR count). The van der Waals surface area contributed by atoms with Gasteiger partial charge in [0.25, 0.3) is 0 Å². The molecule has 0 heterocycles. The number of carbonyl (C=O) groups is 1. The first-order valence-electron chi connectivity index (χ1n) is 7.04. The molecule has 0 saturated heterocycles. The normalized spacial score (nSPS) is 14.9. The Morgan fingerprint density at radius 1 is 1.22 bits per heavy atom. The Morgan fingerprint density at radius 2 is 1.83 bits per heavy atom. The molecule has 2 N–H and O–H groups in total. The van der Waals surface area contributed by atoms with Crippen LogP contribution in [-0.4, -0.2) is 50.1 Å². The molecule has 2 unspecified atom stereocenters. The lowest BCUT2D eigenvalue weighted by Crippen LogP contribution is -2.47. The second kappa shape index (κ2) is 9.34. The largest absolute Gasteiger partial charge is 0.353 e. The van der Waals surface area contributed by atoms with Crippen LogP contribution in [0.1, 0.15) is 40.5 Å². The summed E-state index contributed by atoms with van der Waals surface area (Å²) in [6.07, 6.45) is 2.14. The van der Waals surface area contributed by atoms with Crippen LogP contribution in [0.4, 0.5) is 0 Å². The van der Waals surface area contributed by atoms with E-state index in [0.29, 0.717) is 18.5 Å². The van der Waals surface area contributed by atoms with E-state index in [1.54, 1.807) is 0 Å². The molecule has 0 aromatic carbocycles. The zero-order valence-corrected chi connectivity index (χ0v) is 12.9. The van der Waals surface area contributed by atoms with Gasteiger partial charge in [0.15, 0.2) is 0 Å². The second-order valence-corrected chi connectivity index (χ2v) is 5.75. The summed E-state index contributed by atoms with van der Waals surface area (Å²) in [4.78, 5) is 13.9. The van der Waals surface area contributed by atoms with E-state index in [-0.39, 0.29) is 11.9 Å². The lowest BCUT2D eigenvalue weighted by molar-refractivity contribution is -0.121. The van der Waals surface area contributed by atoms with E-state index in [1.165, 1.54) is 0 Å². The summed E-state index contributed by atoms with van der Waals surface area (Å²) in [5.74, 6) is 0.619. The number of nitrogens with zero attached hydrogens (tertiary/aromatic N) is 1. The van der Waals surface area contributed by atoms with E-state index in [4.69, 9.17) is 0 Å². The molecule has 2 atom stereocenters. The molecule has 0 fully saturated rings. The Bertz CT molecular complexity index is 229. The highest BCUT2D eigenvalue weighted by Crippen LogP contribution is 2.02. The van der Waals surface area contributed by atoms with Crippen molar-refractivity contribution in [1.82, 2.24) is 15.5 Å². The number of hydrogen-bond donors (Lipinski definition) is 2. The van der Waals surface area contributed by atoms with Gasteiger partial charge < -0.3 is 15.5 Å². The fourth-order valence-corrected chi connectivity index (χ4v) is 1.96. The molecular formula is C14H31N3O. The van der Waals surface area contributed by atoms with E-state index in [9.17, 15) is 4.79 Å². The van der Waals surface area contributed by atoms with Crippen molar-refractivity contribution in [2.24, 2.45) is 5.92 Å². The van der Waals surface area contributed by atoms with Crippen molar-refractivity contribution in [2.75, 3.05) is 27.2 Å². The summed E-state index contributed by atoms with van der Waals surface area (Å²) < 4.78 is 0. The molecular weight excluding hydrogens is 226 g/mol. The van der Waals surface area contributed by atoms with Gasteiger partial charge in [-0.15, -0.1) is 0 Å². The highest BCUT2D eigenvalue weighted by atomic mass is 16.1. The van der Waals surface area contributed by atoms with Crippen LogP contribution in [0.3, 0.4) is 0 Å². The third-order valence-corrected chi connectivity index (χ3v) is 3.02. The fourth-order valence-electron chi connectivity index (χ4n) is 1.96. The summed E-state index contributed by atoms with van der Waals surface area (Å²) in [6.45, 7) is 9.91. The summed E-state index contributed by atoms with van der Waals surface area (Å²) >= 11 is 0. The predicted octanol–water partition coefficient (Wildman–Crippen LogP) is 1.47. The van der Waals surface area contributed by atoms with Crippen LogP contribution in [0.25, 0.3) is 0 Å². The molecule has 0 aromatic rings. The minimum Gasteiger partial charge on any atom is -0.353 e. The molecule has 0 saturated carbocycles. The third kappa shape index (κ3) is 8.48. The third-order valence-electron chi connectivity index (χ3n) is 3.02. The minimum absolute atomic E-state index is 0.0976. The van der Waals surface area contributed by atoms with Crippen LogP contribution in [0.2, 0.25) is 0 Å². The van der Waals surface area contributed by atoms with E-state index >= 15 is 0 Å². The molecule has 0 aliphatic carbocycles. The highest BCUT2D eigenvalue weighted by molar-refractivity contribution is 5.78. The molecule has 0 aliphatic heterocycles. The first kappa shape index (κ1) is 17.4. The van der Waals surface area contributed by atoms with E-state index in [1.807, 2.05) is 0 Å².